The number of ether oxygens (including phenoxy) is 1. The standard InChI is InChI=1S/C15H25NO2/c1-10(2)12(17)11-6-14(7-16(11)5)13(3,4)15(14)8-18-9-15/h10-11H,6-9H2,1-5H3. The molecular weight excluding hydrogens is 226 g/mol. The molecule has 3 rings (SSSR count). The van der Waals surface area contributed by atoms with E-state index in [1.165, 1.54) is 0 Å². The van der Waals surface area contributed by atoms with E-state index in [4.69, 9.17) is 4.74 Å². The molecule has 2 spiro atoms. The number of carbonyl (C=O) groups is 1. The summed E-state index contributed by atoms with van der Waals surface area (Å²) >= 11 is 0. The van der Waals surface area contributed by atoms with Crippen molar-refractivity contribution >= 4 is 5.78 Å². The van der Waals surface area contributed by atoms with Crippen molar-refractivity contribution in [2.24, 2.45) is 22.2 Å². The van der Waals surface area contributed by atoms with Crippen molar-refractivity contribution in [3.05, 3.63) is 0 Å². The van der Waals surface area contributed by atoms with Gasteiger partial charge < -0.3 is 4.74 Å². The summed E-state index contributed by atoms with van der Waals surface area (Å²) < 4.78 is 5.50. The number of nitrogens with zero attached hydrogens (tertiary/aromatic N) is 1. The number of ketones is 1. The number of hydrogen-bond donors (Lipinski definition) is 0. The Labute approximate surface area is 110 Å². The quantitative estimate of drug-likeness (QED) is 0.751. The van der Waals surface area contributed by atoms with Crippen molar-refractivity contribution in [3.63, 3.8) is 0 Å². The van der Waals surface area contributed by atoms with Gasteiger partial charge in [0.25, 0.3) is 0 Å². The molecule has 3 aliphatic rings. The Morgan fingerprint density at radius 1 is 1.28 bits per heavy atom. The Morgan fingerprint density at radius 3 is 2.28 bits per heavy atom. The molecule has 0 amide bonds. The maximum atomic E-state index is 12.3. The van der Waals surface area contributed by atoms with Crippen LogP contribution in [0, 0.1) is 22.2 Å². The zero-order valence-corrected chi connectivity index (χ0v) is 12.2. The molecule has 2 heterocycles. The molecule has 0 aromatic carbocycles. The first-order valence-electron chi connectivity index (χ1n) is 7.11. The molecule has 18 heavy (non-hydrogen) atoms. The minimum Gasteiger partial charge on any atom is -0.380 e. The van der Waals surface area contributed by atoms with Crippen LogP contribution in [0.5, 0.6) is 0 Å². The monoisotopic (exact) mass is 251 g/mol. The fraction of sp³-hybridized carbons (Fsp3) is 0.933. The average Bonchev–Trinajstić information content (AvgIpc) is 2.49. The lowest BCUT2D eigenvalue weighted by atomic mass is 9.87. The van der Waals surface area contributed by atoms with Crippen molar-refractivity contribution in [2.75, 3.05) is 26.8 Å². The Hall–Kier alpha value is -0.410. The molecule has 2 saturated heterocycles. The lowest BCUT2D eigenvalue weighted by molar-refractivity contribution is -0.126. The largest absolute Gasteiger partial charge is 0.380 e. The van der Waals surface area contributed by atoms with Gasteiger partial charge in [-0.25, -0.2) is 0 Å². The minimum atomic E-state index is 0.129. The van der Waals surface area contributed by atoms with Crippen LogP contribution in [0.4, 0.5) is 0 Å². The zero-order chi connectivity index (χ0) is 13.3. The van der Waals surface area contributed by atoms with Gasteiger partial charge in [-0.05, 0) is 18.9 Å². The van der Waals surface area contributed by atoms with E-state index >= 15 is 0 Å². The molecular formula is C15H25NO2. The predicted octanol–water partition coefficient (Wildman–Crippen LogP) is 1.96. The van der Waals surface area contributed by atoms with E-state index in [9.17, 15) is 4.79 Å². The van der Waals surface area contributed by atoms with Crippen LogP contribution in [0.1, 0.15) is 34.1 Å². The number of rotatable bonds is 2. The lowest BCUT2D eigenvalue weighted by Gasteiger charge is -2.32. The molecule has 3 heteroatoms. The highest BCUT2D eigenvalue weighted by Gasteiger charge is 2.86. The first-order chi connectivity index (χ1) is 8.29. The highest BCUT2D eigenvalue weighted by Crippen LogP contribution is 2.84. The summed E-state index contributed by atoms with van der Waals surface area (Å²) in [4.78, 5) is 14.6. The second kappa shape index (κ2) is 3.37. The summed E-state index contributed by atoms with van der Waals surface area (Å²) in [5.41, 5.74) is 1.01. The molecule has 0 aromatic rings. The van der Waals surface area contributed by atoms with Crippen molar-refractivity contribution in [1.29, 1.82) is 0 Å². The first-order valence-corrected chi connectivity index (χ1v) is 7.11. The molecule has 0 N–H and O–H groups in total. The number of Topliss-reactive ketones (excluding diaryl/α,β-unsaturated/α-hetero) is 1. The van der Waals surface area contributed by atoms with Gasteiger partial charge >= 0.3 is 0 Å². The van der Waals surface area contributed by atoms with Crippen LogP contribution in [0.2, 0.25) is 0 Å². The highest BCUT2D eigenvalue weighted by molar-refractivity contribution is 5.86. The van der Waals surface area contributed by atoms with Crippen molar-refractivity contribution in [3.8, 4) is 0 Å². The predicted molar refractivity (Wildman–Crippen MR) is 70.3 cm³/mol. The molecule has 0 radical (unpaired) electrons. The van der Waals surface area contributed by atoms with E-state index in [0.29, 0.717) is 22.0 Å². The number of likely N-dealkylation sites (N-methyl/N-ethyl adjacent to an activating group) is 1. The zero-order valence-electron chi connectivity index (χ0n) is 12.2. The van der Waals surface area contributed by atoms with E-state index in [-0.39, 0.29) is 12.0 Å². The van der Waals surface area contributed by atoms with Gasteiger partial charge in [0, 0.05) is 23.3 Å². The Bertz CT molecular complexity index is 397. The third kappa shape index (κ3) is 1.11. The fourth-order valence-corrected chi connectivity index (χ4v) is 4.79. The smallest absolute Gasteiger partial charge is 0.152 e. The van der Waals surface area contributed by atoms with E-state index in [0.717, 1.165) is 26.2 Å². The van der Waals surface area contributed by atoms with Gasteiger partial charge in [-0.3, -0.25) is 9.69 Å². The molecule has 2 unspecified atom stereocenters. The Morgan fingerprint density at radius 2 is 1.89 bits per heavy atom. The van der Waals surface area contributed by atoms with Gasteiger partial charge in [-0.2, -0.15) is 0 Å². The third-order valence-corrected chi connectivity index (χ3v) is 6.43. The topological polar surface area (TPSA) is 29.5 Å². The molecule has 0 aromatic heterocycles. The van der Waals surface area contributed by atoms with Gasteiger partial charge in [0.1, 0.15) is 0 Å². The second-order valence-electron chi connectivity index (χ2n) is 7.47. The molecule has 0 bridgehead atoms. The van der Waals surface area contributed by atoms with Crippen LogP contribution in [-0.2, 0) is 9.53 Å². The molecule has 1 saturated carbocycles. The Kier molecular flexibility index (Phi) is 2.36. The maximum absolute atomic E-state index is 12.3. The van der Waals surface area contributed by atoms with Crippen molar-refractivity contribution in [1.82, 2.24) is 4.90 Å². The summed E-state index contributed by atoms with van der Waals surface area (Å²) in [5, 5.41) is 0. The highest BCUT2D eigenvalue weighted by atomic mass is 16.5. The number of hydrogen-bond acceptors (Lipinski definition) is 3. The van der Waals surface area contributed by atoms with Gasteiger partial charge in [0.2, 0.25) is 0 Å². The van der Waals surface area contributed by atoms with E-state index < -0.39 is 0 Å². The summed E-state index contributed by atoms with van der Waals surface area (Å²) in [6.45, 7) is 11.6. The maximum Gasteiger partial charge on any atom is 0.152 e. The summed E-state index contributed by atoms with van der Waals surface area (Å²) in [7, 11) is 2.11. The first kappa shape index (κ1) is 12.6. The third-order valence-electron chi connectivity index (χ3n) is 6.43. The lowest BCUT2D eigenvalue weighted by Crippen LogP contribution is -2.37. The van der Waals surface area contributed by atoms with Gasteiger partial charge in [0.15, 0.2) is 5.78 Å². The molecule has 3 nitrogen and oxygen atoms in total. The van der Waals surface area contributed by atoms with E-state index in [2.05, 4.69) is 25.8 Å². The van der Waals surface area contributed by atoms with Crippen LogP contribution in [0.25, 0.3) is 0 Å². The number of fused-ring (bicyclic) bond motifs is 1. The summed E-state index contributed by atoms with van der Waals surface area (Å²) in [6, 6.07) is 0.129. The summed E-state index contributed by atoms with van der Waals surface area (Å²) in [5.74, 6) is 0.551. The van der Waals surface area contributed by atoms with Crippen LogP contribution < -0.4 is 0 Å². The number of carbonyl (C=O) groups excluding carboxylic acids is 1. The van der Waals surface area contributed by atoms with Crippen LogP contribution in [-0.4, -0.2) is 43.5 Å². The van der Waals surface area contributed by atoms with E-state index in [1.54, 1.807) is 0 Å². The van der Waals surface area contributed by atoms with Crippen molar-refractivity contribution < 1.29 is 9.53 Å². The molecule has 3 fully saturated rings. The minimum absolute atomic E-state index is 0.129. The summed E-state index contributed by atoms with van der Waals surface area (Å²) in [6.07, 6.45) is 1.04. The van der Waals surface area contributed by atoms with Crippen LogP contribution in [0.3, 0.4) is 0 Å². The fourth-order valence-electron chi connectivity index (χ4n) is 4.79. The molecule has 1 aliphatic carbocycles. The molecule has 102 valence electrons. The normalized spacial score (nSPS) is 40.4. The Balaban J connectivity index is 1.85. The van der Waals surface area contributed by atoms with Crippen LogP contribution in [0.15, 0.2) is 0 Å². The van der Waals surface area contributed by atoms with Gasteiger partial charge in [0.05, 0.1) is 19.3 Å². The number of likely N-dealkylation sites (tertiary alicyclic amines) is 1. The molecule has 2 aliphatic heterocycles. The van der Waals surface area contributed by atoms with E-state index in [1.807, 2.05) is 13.8 Å². The van der Waals surface area contributed by atoms with Crippen LogP contribution >= 0.6 is 0 Å². The van der Waals surface area contributed by atoms with Gasteiger partial charge in [-0.15, -0.1) is 0 Å². The van der Waals surface area contributed by atoms with Crippen molar-refractivity contribution in [2.45, 2.75) is 40.2 Å². The average molecular weight is 251 g/mol. The van der Waals surface area contributed by atoms with Gasteiger partial charge in [-0.1, -0.05) is 27.7 Å². The second-order valence-corrected chi connectivity index (χ2v) is 7.47. The molecule has 2 atom stereocenters. The SMILES string of the molecule is CC(C)C(=O)C1CC2(CN1C)C(C)(C)C21COC1.